The van der Waals surface area contributed by atoms with Gasteiger partial charge in [-0.05, 0) is 42.7 Å². The number of aromatic nitrogens is 1. The molecular weight excluding hydrogens is 303 g/mol. The molecule has 0 amide bonds. The van der Waals surface area contributed by atoms with Crippen molar-refractivity contribution in [3.05, 3.63) is 58.7 Å². The van der Waals surface area contributed by atoms with Gasteiger partial charge in [-0.1, -0.05) is 24.3 Å². The second-order valence-corrected chi connectivity index (χ2v) is 5.56. The summed E-state index contributed by atoms with van der Waals surface area (Å²) in [5.74, 6) is 0. The number of hydrogen-bond acceptors (Lipinski definition) is 1. The highest BCUT2D eigenvalue weighted by atomic mass is 19.4. The van der Waals surface area contributed by atoms with Crippen LogP contribution in [0.1, 0.15) is 27.0 Å². The third kappa shape index (κ3) is 2.52. The van der Waals surface area contributed by atoms with Gasteiger partial charge < -0.3 is 4.98 Å². The van der Waals surface area contributed by atoms with Crippen LogP contribution in [0.3, 0.4) is 0 Å². The molecule has 2 nitrogen and oxygen atoms in total. The Morgan fingerprint density at radius 3 is 2.39 bits per heavy atom. The Kier molecular flexibility index (Phi) is 3.51. The van der Waals surface area contributed by atoms with E-state index in [1.54, 1.807) is 6.07 Å². The Morgan fingerprint density at radius 1 is 1.04 bits per heavy atom. The summed E-state index contributed by atoms with van der Waals surface area (Å²) in [5.41, 5.74) is 2.61. The van der Waals surface area contributed by atoms with Crippen LogP contribution in [0, 0.1) is 13.8 Å². The van der Waals surface area contributed by atoms with E-state index in [-0.39, 0.29) is 16.5 Å². The molecule has 0 fully saturated rings. The standard InChI is InChI=1S/C18H14F3NO/c1-10-6-7-12(8-11(10)2)16-14(9-23)13-4-3-5-15(17(13)22-16)18(19,20)21/h3-9,22H,1-2H3. The summed E-state index contributed by atoms with van der Waals surface area (Å²) in [5, 5.41) is 0.281. The van der Waals surface area contributed by atoms with Gasteiger partial charge in [-0.2, -0.15) is 13.2 Å². The van der Waals surface area contributed by atoms with Gasteiger partial charge in [0.1, 0.15) is 0 Å². The molecule has 0 atom stereocenters. The van der Waals surface area contributed by atoms with Crippen molar-refractivity contribution in [3.63, 3.8) is 0 Å². The zero-order valence-corrected chi connectivity index (χ0v) is 12.6. The van der Waals surface area contributed by atoms with Crippen LogP contribution >= 0.6 is 0 Å². The SMILES string of the molecule is Cc1ccc(-c2[nH]c3c(C(F)(F)F)cccc3c2C=O)cc1C. The van der Waals surface area contributed by atoms with Crippen LogP contribution in [0.4, 0.5) is 13.2 Å². The summed E-state index contributed by atoms with van der Waals surface area (Å²) in [4.78, 5) is 14.3. The van der Waals surface area contributed by atoms with Gasteiger partial charge in [-0.3, -0.25) is 4.79 Å². The van der Waals surface area contributed by atoms with Crippen molar-refractivity contribution in [2.45, 2.75) is 20.0 Å². The topological polar surface area (TPSA) is 32.9 Å². The number of carbonyl (C=O) groups excluding carboxylic acids is 1. The van der Waals surface area contributed by atoms with Crippen LogP contribution in [0.15, 0.2) is 36.4 Å². The van der Waals surface area contributed by atoms with E-state index in [2.05, 4.69) is 4.98 Å². The molecule has 0 saturated carbocycles. The summed E-state index contributed by atoms with van der Waals surface area (Å²) >= 11 is 0. The molecule has 23 heavy (non-hydrogen) atoms. The first kappa shape index (κ1) is 15.3. The number of rotatable bonds is 2. The molecule has 0 aliphatic rings. The number of alkyl halides is 3. The number of hydrogen-bond donors (Lipinski definition) is 1. The molecule has 3 aromatic rings. The molecule has 0 spiro atoms. The summed E-state index contributed by atoms with van der Waals surface area (Å²) in [7, 11) is 0. The number of carbonyl (C=O) groups is 1. The van der Waals surface area contributed by atoms with E-state index >= 15 is 0 Å². The van der Waals surface area contributed by atoms with Crippen LogP contribution in [0.25, 0.3) is 22.2 Å². The maximum atomic E-state index is 13.2. The number of aryl methyl sites for hydroxylation is 2. The minimum atomic E-state index is -4.48. The van der Waals surface area contributed by atoms with E-state index in [0.29, 0.717) is 17.5 Å². The molecule has 2 aromatic carbocycles. The molecule has 0 aliphatic carbocycles. The van der Waals surface area contributed by atoms with Gasteiger partial charge in [-0.25, -0.2) is 0 Å². The summed E-state index contributed by atoms with van der Waals surface area (Å²) < 4.78 is 39.5. The van der Waals surface area contributed by atoms with Gasteiger partial charge >= 0.3 is 6.18 Å². The zero-order valence-electron chi connectivity index (χ0n) is 12.6. The van der Waals surface area contributed by atoms with Crippen LogP contribution in [0.5, 0.6) is 0 Å². The Morgan fingerprint density at radius 2 is 1.78 bits per heavy atom. The molecule has 3 rings (SSSR count). The van der Waals surface area contributed by atoms with Crippen LogP contribution in [-0.2, 0) is 6.18 Å². The predicted octanol–water partition coefficient (Wildman–Crippen LogP) is 5.28. The highest BCUT2D eigenvalue weighted by Gasteiger charge is 2.34. The lowest BCUT2D eigenvalue weighted by Gasteiger charge is -2.07. The first-order valence-electron chi connectivity index (χ1n) is 7.07. The van der Waals surface area contributed by atoms with Gasteiger partial charge in [0.25, 0.3) is 0 Å². The van der Waals surface area contributed by atoms with E-state index in [4.69, 9.17) is 0 Å². The second-order valence-electron chi connectivity index (χ2n) is 5.56. The van der Waals surface area contributed by atoms with Gasteiger partial charge in [0.2, 0.25) is 0 Å². The lowest BCUT2D eigenvalue weighted by atomic mass is 10.0. The van der Waals surface area contributed by atoms with Crippen LogP contribution in [0.2, 0.25) is 0 Å². The Labute approximate surface area is 130 Å². The number of para-hydroxylation sites is 1. The minimum Gasteiger partial charge on any atom is -0.353 e. The van der Waals surface area contributed by atoms with Gasteiger partial charge in [0, 0.05) is 10.9 Å². The number of aldehydes is 1. The molecule has 1 heterocycles. The number of nitrogens with one attached hydrogen (secondary N) is 1. The van der Waals surface area contributed by atoms with Crippen molar-refractivity contribution in [2.75, 3.05) is 0 Å². The molecule has 5 heteroatoms. The van der Waals surface area contributed by atoms with E-state index in [1.165, 1.54) is 12.1 Å². The zero-order chi connectivity index (χ0) is 16.8. The van der Waals surface area contributed by atoms with E-state index in [9.17, 15) is 18.0 Å². The number of fused-ring (bicyclic) bond motifs is 1. The highest BCUT2D eigenvalue weighted by molar-refractivity contribution is 6.05. The molecule has 0 bridgehead atoms. The summed E-state index contributed by atoms with van der Waals surface area (Å²) in [6.07, 6.45) is -3.88. The monoisotopic (exact) mass is 317 g/mol. The van der Waals surface area contributed by atoms with E-state index in [0.717, 1.165) is 17.2 Å². The molecule has 0 saturated heterocycles. The lowest BCUT2D eigenvalue weighted by molar-refractivity contribution is -0.136. The molecule has 1 aromatic heterocycles. The Balaban J connectivity index is 2.33. The van der Waals surface area contributed by atoms with Crippen molar-refractivity contribution < 1.29 is 18.0 Å². The average molecular weight is 317 g/mol. The third-order valence-corrected chi connectivity index (χ3v) is 4.09. The maximum Gasteiger partial charge on any atom is 0.418 e. The highest BCUT2D eigenvalue weighted by Crippen LogP contribution is 2.38. The quantitative estimate of drug-likeness (QED) is 0.641. The van der Waals surface area contributed by atoms with Crippen molar-refractivity contribution >= 4 is 17.2 Å². The number of halogens is 3. The summed E-state index contributed by atoms with van der Waals surface area (Å²) in [6.45, 7) is 3.87. The van der Waals surface area contributed by atoms with Crippen LogP contribution in [-0.4, -0.2) is 11.3 Å². The fourth-order valence-electron chi connectivity index (χ4n) is 2.72. The Bertz CT molecular complexity index is 907. The molecule has 1 N–H and O–H groups in total. The van der Waals surface area contributed by atoms with E-state index < -0.39 is 11.7 Å². The van der Waals surface area contributed by atoms with Crippen LogP contribution < -0.4 is 0 Å². The van der Waals surface area contributed by atoms with E-state index in [1.807, 2.05) is 26.0 Å². The smallest absolute Gasteiger partial charge is 0.353 e. The van der Waals surface area contributed by atoms with Gasteiger partial charge in [0.05, 0.1) is 16.8 Å². The second kappa shape index (κ2) is 5.26. The maximum absolute atomic E-state index is 13.2. The number of H-pyrrole nitrogens is 1. The minimum absolute atomic E-state index is 0.0599. The fraction of sp³-hybridized carbons (Fsp3) is 0.167. The molecular formula is C18H14F3NO. The lowest BCUT2D eigenvalue weighted by Crippen LogP contribution is -2.05. The molecule has 0 unspecified atom stereocenters. The summed E-state index contributed by atoms with van der Waals surface area (Å²) in [6, 6.07) is 9.39. The normalized spacial score (nSPS) is 11.9. The van der Waals surface area contributed by atoms with Crippen molar-refractivity contribution in [2.24, 2.45) is 0 Å². The number of benzene rings is 2. The molecule has 0 radical (unpaired) electrons. The average Bonchev–Trinajstić information content (AvgIpc) is 2.87. The largest absolute Gasteiger partial charge is 0.418 e. The third-order valence-electron chi connectivity index (χ3n) is 4.09. The molecule has 0 aliphatic heterocycles. The first-order chi connectivity index (χ1) is 10.8. The first-order valence-corrected chi connectivity index (χ1v) is 7.07. The molecule has 118 valence electrons. The van der Waals surface area contributed by atoms with Gasteiger partial charge in [-0.15, -0.1) is 0 Å². The fourth-order valence-corrected chi connectivity index (χ4v) is 2.72. The van der Waals surface area contributed by atoms with Crippen molar-refractivity contribution in [1.29, 1.82) is 0 Å². The van der Waals surface area contributed by atoms with Crippen molar-refractivity contribution in [3.8, 4) is 11.3 Å². The Hall–Kier alpha value is -2.56. The predicted molar refractivity (Wildman–Crippen MR) is 83.6 cm³/mol. The van der Waals surface area contributed by atoms with Gasteiger partial charge in [0.15, 0.2) is 6.29 Å². The number of aromatic amines is 1. The van der Waals surface area contributed by atoms with Crippen molar-refractivity contribution in [1.82, 2.24) is 4.98 Å².